The number of nitrogen functional groups attached to an aromatic ring is 1. The average Bonchev–Trinajstić information content (AvgIpc) is 2.58. The SMILES string of the molecule is C[C@]1(c2cc(N)ccc2F)NC(=O)C[C@H]1C(F)(F)F. The molecule has 1 heterocycles. The van der Waals surface area contributed by atoms with Crippen LogP contribution in [0.2, 0.25) is 0 Å². The maximum Gasteiger partial charge on any atom is 0.394 e. The molecule has 0 aliphatic carbocycles. The van der Waals surface area contributed by atoms with Crippen molar-refractivity contribution >= 4 is 11.6 Å². The number of nitrogens with one attached hydrogen (secondary N) is 1. The highest BCUT2D eigenvalue weighted by atomic mass is 19.4. The van der Waals surface area contributed by atoms with Gasteiger partial charge in [-0.2, -0.15) is 13.2 Å². The molecule has 0 unspecified atom stereocenters. The van der Waals surface area contributed by atoms with Crippen LogP contribution in [0.3, 0.4) is 0 Å². The Morgan fingerprint density at radius 1 is 1.42 bits per heavy atom. The second kappa shape index (κ2) is 4.11. The first-order chi connectivity index (χ1) is 8.64. The van der Waals surface area contributed by atoms with Crippen molar-refractivity contribution in [3.63, 3.8) is 0 Å². The van der Waals surface area contributed by atoms with Gasteiger partial charge in [-0.25, -0.2) is 4.39 Å². The van der Waals surface area contributed by atoms with Crippen LogP contribution in [0.25, 0.3) is 0 Å². The first-order valence-electron chi connectivity index (χ1n) is 5.58. The summed E-state index contributed by atoms with van der Waals surface area (Å²) in [5.41, 5.74) is 3.53. The summed E-state index contributed by atoms with van der Waals surface area (Å²) >= 11 is 0. The Hall–Kier alpha value is -1.79. The quantitative estimate of drug-likeness (QED) is 0.611. The Morgan fingerprint density at radius 3 is 2.63 bits per heavy atom. The third kappa shape index (κ3) is 2.24. The van der Waals surface area contributed by atoms with Gasteiger partial charge in [0.1, 0.15) is 5.82 Å². The van der Waals surface area contributed by atoms with E-state index < -0.39 is 35.8 Å². The van der Waals surface area contributed by atoms with Crippen LogP contribution in [0.4, 0.5) is 23.2 Å². The smallest absolute Gasteiger partial charge is 0.394 e. The van der Waals surface area contributed by atoms with Crippen molar-refractivity contribution in [3.05, 3.63) is 29.6 Å². The van der Waals surface area contributed by atoms with Crippen LogP contribution in [0, 0.1) is 11.7 Å². The highest BCUT2D eigenvalue weighted by Gasteiger charge is 2.58. The maximum absolute atomic E-state index is 13.8. The van der Waals surface area contributed by atoms with Gasteiger partial charge < -0.3 is 11.1 Å². The van der Waals surface area contributed by atoms with Crippen molar-refractivity contribution in [2.75, 3.05) is 5.73 Å². The molecule has 2 atom stereocenters. The van der Waals surface area contributed by atoms with E-state index in [4.69, 9.17) is 5.73 Å². The zero-order chi connectivity index (χ0) is 14.4. The molecular formula is C12H12F4N2O. The van der Waals surface area contributed by atoms with Gasteiger partial charge in [-0.3, -0.25) is 4.79 Å². The second-order valence-electron chi connectivity index (χ2n) is 4.79. The highest BCUT2D eigenvalue weighted by molar-refractivity contribution is 5.80. The molecule has 0 spiro atoms. The van der Waals surface area contributed by atoms with Crippen LogP contribution in [-0.4, -0.2) is 12.1 Å². The van der Waals surface area contributed by atoms with Gasteiger partial charge in [-0.15, -0.1) is 0 Å². The Morgan fingerprint density at radius 2 is 2.05 bits per heavy atom. The number of halogens is 4. The maximum atomic E-state index is 13.8. The minimum atomic E-state index is -4.61. The molecule has 104 valence electrons. The van der Waals surface area contributed by atoms with E-state index in [1.165, 1.54) is 6.07 Å². The Kier molecular flexibility index (Phi) is 2.95. The van der Waals surface area contributed by atoms with Crippen LogP contribution in [0.15, 0.2) is 18.2 Å². The first kappa shape index (κ1) is 13.6. The van der Waals surface area contributed by atoms with Gasteiger partial charge >= 0.3 is 6.18 Å². The van der Waals surface area contributed by atoms with Gasteiger partial charge in [0.2, 0.25) is 5.91 Å². The molecule has 1 amide bonds. The van der Waals surface area contributed by atoms with Gasteiger partial charge in [0.15, 0.2) is 0 Å². The summed E-state index contributed by atoms with van der Waals surface area (Å²) in [5, 5.41) is 2.22. The molecule has 1 aliphatic rings. The molecule has 2 rings (SSSR count). The van der Waals surface area contributed by atoms with Gasteiger partial charge in [0, 0.05) is 17.7 Å². The van der Waals surface area contributed by atoms with Crippen molar-refractivity contribution in [2.45, 2.75) is 25.1 Å². The fraction of sp³-hybridized carbons (Fsp3) is 0.417. The summed E-state index contributed by atoms with van der Waals surface area (Å²) in [4.78, 5) is 11.3. The molecule has 3 nitrogen and oxygen atoms in total. The number of benzene rings is 1. The van der Waals surface area contributed by atoms with Gasteiger partial charge in [0.05, 0.1) is 11.5 Å². The fourth-order valence-electron chi connectivity index (χ4n) is 2.46. The number of amides is 1. The predicted molar refractivity (Wildman–Crippen MR) is 60.5 cm³/mol. The van der Waals surface area contributed by atoms with E-state index in [0.717, 1.165) is 19.1 Å². The summed E-state index contributed by atoms with van der Waals surface area (Å²) in [5.74, 6) is -3.57. The molecule has 7 heteroatoms. The predicted octanol–water partition coefficient (Wildman–Crippen LogP) is 2.32. The second-order valence-corrected chi connectivity index (χ2v) is 4.79. The summed E-state index contributed by atoms with van der Waals surface area (Å²) in [6, 6.07) is 3.37. The molecule has 1 aromatic rings. The van der Waals surface area contributed by atoms with Gasteiger partial charge in [0.25, 0.3) is 0 Å². The summed E-state index contributed by atoms with van der Waals surface area (Å²) in [6.45, 7) is 1.16. The van der Waals surface area contributed by atoms with E-state index in [0.29, 0.717) is 0 Å². The molecule has 0 aromatic heterocycles. The van der Waals surface area contributed by atoms with E-state index >= 15 is 0 Å². The Balaban J connectivity index is 2.56. The molecule has 0 saturated carbocycles. The van der Waals surface area contributed by atoms with E-state index in [-0.39, 0.29) is 11.3 Å². The number of anilines is 1. The van der Waals surface area contributed by atoms with E-state index in [2.05, 4.69) is 5.32 Å². The van der Waals surface area contributed by atoms with Gasteiger partial charge in [-0.1, -0.05) is 0 Å². The number of rotatable bonds is 1. The fourth-order valence-corrected chi connectivity index (χ4v) is 2.46. The standard InChI is InChI=1S/C12H12F4N2O/c1-11(7-4-6(17)2-3-8(7)13)9(12(14,15)16)5-10(19)18-11/h2-4,9H,5,17H2,1H3,(H,18,19)/t9-,11-/m1/s1. The van der Waals surface area contributed by atoms with Crippen molar-refractivity contribution in [2.24, 2.45) is 5.92 Å². The lowest BCUT2D eigenvalue weighted by molar-refractivity contribution is -0.188. The molecule has 1 fully saturated rings. The van der Waals surface area contributed by atoms with Crippen LogP contribution in [0.5, 0.6) is 0 Å². The number of carbonyl (C=O) groups is 1. The lowest BCUT2D eigenvalue weighted by atomic mass is 9.80. The van der Waals surface area contributed by atoms with Crippen molar-refractivity contribution < 1.29 is 22.4 Å². The average molecular weight is 276 g/mol. The minimum Gasteiger partial charge on any atom is -0.399 e. The molecular weight excluding hydrogens is 264 g/mol. The molecule has 1 aliphatic heterocycles. The van der Waals surface area contributed by atoms with Crippen molar-refractivity contribution in [1.29, 1.82) is 0 Å². The topological polar surface area (TPSA) is 55.1 Å². The highest BCUT2D eigenvalue weighted by Crippen LogP contribution is 2.46. The number of carbonyl (C=O) groups excluding carboxylic acids is 1. The normalized spacial score (nSPS) is 27.4. The third-order valence-electron chi connectivity index (χ3n) is 3.43. The summed E-state index contributed by atoms with van der Waals surface area (Å²) in [6.07, 6.45) is -5.32. The van der Waals surface area contributed by atoms with Crippen LogP contribution < -0.4 is 11.1 Å². The van der Waals surface area contributed by atoms with Crippen LogP contribution in [-0.2, 0) is 10.3 Å². The number of alkyl halides is 3. The van der Waals surface area contributed by atoms with Crippen molar-refractivity contribution in [1.82, 2.24) is 5.32 Å². The molecule has 3 N–H and O–H groups in total. The van der Waals surface area contributed by atoms with E-state index in [9.17, 15) is 22.4 Å². The number of hydrogen-bond donors (Lipinski definition) is 2. The monoisotopic (exact) mass is 276 g/mol. The number of nitrogens with two attached hydrogens (primary N) is 1. The zero-order valence-corrected chi connectivity index (χ0v) is 10.0. The minimum absolute atomic E-state index is 0.139. The van der Waals surface area contributed by atoms with E-state index in [1.54, 1.807) is 0 Å². The molecule has 0 bridgehead atoms. The number of hydrogen-bond acceptors (Lipinski definition) is 2. The van der Waals surface area contributed by atoms with Crippen molar-refractivity contribution in [3.8, 4) is 0 Å². The zero-order valence-electron chi connectivity index (χ0n) is 10.0. The lowest BCUT2D eigenvalue weighted by Gasteiger charge is -2.33. The van der Waals surface area contributed by atoms with E-state index in [1.807, 2.05) is 0 Å². The van der Waals surface area contributed by atoms with Gasteiger partial charge in [-0.05, 0) is 25.1 Å². The summed E-state index contributed by atoms with van der Waals surface area (Å²) in [7, 11) is 0. The third-order valence-corrected chi connectivity index (χ3v) is 3.43. The molecule has 1 saturated heterocycles. The Bertz CT molecular complexity index is 529. The first-order valence-corrected chi connectivity index (χ1v) is 5.58. The molecule has 19 heavy (non-hydrogen) atoms. The van der Waals surface area contributed by atoms with Crippen LogP contribution >= 0.6 is 0 Å². The summed E-state index contributed by atoms with van der Waals surface area (Å²) < 4.78 is 52.8. The lowest BCUT2D eigenvalue weighted by Crippen LogP contribution is -2.45. The Labute approximate surface area is 106 Å². The van der Waals surface area contributed by atoms with Crippen LogP contribution in [0.1, 0.15) is 18.9 Å². The molecule has 0 radical (unpaired) electrons. The largest absolute Gasteiger partial charge is 0.399 e. The molecule has 1 aromatic carbocycles.